The minimum atomic E-state index is -0.795. The van der Waals surface area contributed by atoms with Gasteiger partial charge in [0, 0.05) is 16.1 Å². The van der Waals surface area contributed by atoms with Gasteiger partial charge in [-0.1, -0.05) is 6.92 Å². The molecule has 0 rings (SSSR count). The van der Waals surface area contributed by atoms with E-state index in [-0.39, 0.29) is 0 Å². The molecule has 3 nitrogen and oxygen atoms in total. The summed E-state index contributed by atoms with van der Waals surface area (Å²) in [4.78, 5) is 10.3. The Morgan fingerprint density at radius 3 is 2.33 bits per heavy atom. The van der Waals surface area contributed by atoms with Gasteiger partial charge in [-0.3, -0.25) is 4.79 Å². The summed E-state index contributed by atoms with van der Waals surface area (Å²) in [5.41, 5.74) is 0. The van der Waals surface area contributed by atoms with Crippen LogP contribution in [0.5, 0.6) is 0 Å². The van der Waals surface area contributed by atoms with E-state index < -0.39 is 12.0 Å². The molecule has 0 bridgehead atoms. The van der Waals surface area contributed by atoms with Crippen molar-refractivity contribution in [2.75, 3.05) is 7.05 Å². The van der Waals surface area contributed by atoms with Crippen LogP contribution in [-0.4, -0.2) is 28.1 Å². The Bertz CT molecular complexity index is 105. The fraction of sp³-hybridized carbons (Fsp3) is 0.800. The summed E-state index contributed by atoms with van der Waals surface area (Å²) in [5, 5.41) is 8.47. The van der Waals surface area contributed by atoms with Crippen molar-refractivity contribution in [3.05, 3.63) is 0 Å². The van der Waals surface area contributed by atoms with Crippen LogP contribution < -0.4 is 0 Å². The molecule has 0 amide bonds. The molecule has 0 aromatic carbocycles. The molecule has 1 unspecified atom stereocenters. The second kappa shape index (κ2) is 3.85. The van der Waals surface area contributed by atoms with Crippen molar-refractivity contribution in [1.82, 2.24) is 3.93 Å². The maximum absolute atomic E-state index is 10.3. The average Bonchev–Trinajstić information content (AvgIpc) is 1.64. The first-order chi connectivity index (χ1) is 4.09. The highest BCUT2D eigenvalue weighted by atomic mass is 79.9. The van der Waals surface area contributed by atoms with E-state index in [4.69, 9.17) is 5.11 Å². The molecule has 0 aromatic rings. The lowest BCUT2D eigenvalue weighted by molar-refractivity contribution is -0.140. The van der Waals surface area contributed by atoms with Crippen LogP contribution in [-0.2, 0) is 4.79 Å². The summed E-state index contributed by atoms with van der Waals surface area (Å²) in [6.45, 7) is 1.83. The van der Waals surface area contributed by atoms with Gasteiger partial charge in [0.05, 0.1) is 0 Å². The molecule has 1 N–H and O–H groups in total. The van der Waals surface area contributed by atoms with Crippen LogP contribution in [0.15, 0.2) is 0 Å². The standard InChI is InChI=1S/C5H10BrNO2/c1-3-4(5(8)9)7(2)6/h4H,3H2,1-2H3,(H,8,9). The molecule has 0 spiro atoms. The van der Waals surface area contributed by atoms with E-state index in [1.165, 1.54) is 3.93 Å². The number of rotatable bonds is 3. The van der Waals surface area contributed by atoms with Crippen molar-refractivity contribution in [3.8, 4) is 0 Å². The monoisotopic (exact) mass is 195 g/mol. The molecule has 0 heterocycles. The quantitative estimate of drug-likeness (QED) is 0.687. The molecule has 0 aliphatic heterocycles. The number of hydrogen-bond donors (Lipinski definition) is 1. The van der Waals surface area contributed by atoms with Gasteiger partial charge in [-0.2, -0.15) is 0 Å². The summed E-state index contributed by atoms with van der Waals surface area (Å²) >= 11 is 3.05. The van der Waals surface area contributed by atoms with E-state index in [0.717, 1.165) is 0 Å². The van der Waals surface area contributed by atoms with Gasteiger partial charge in [-0.25, -0.2) is 3.93 Å². The molecule has 0 aliphatic rings. The van der Waals surface area contributed by atoms with Crippen LogP contribution in [0.1, 0.15) is 13.3 Å². The molecule has 54 valence electrons. The second-order valence-corrected chi connectivity index (χ2v) is 2.91. The molecule has 0 aromatic heterocycles. The zero-order valence-corrected chi connectivity index (χ0v) is 7.05. The minimum absolute atomic E-state index is 0.412. The summed E-state index contributed by atoms with van der Waals surface area (Å²) in [7, 11) is 1.68. The molecule has 0 radical (unpaired) electrons. The van der Waals surface area contributed by atoms with E-state index in [2.05, 4.69) is 16.1 Å². The lowest BCUT2D eigenvalue weighted by Gasteiger charge is -2.14. The normalized spacial score (nSPS) is 13.8. The van der Waals surface area contributed by atoms with Crippen LogP contribution in [0.25, 0.3) is 0 Å². The number of carbonyl (C=O) groups is 1. The first-order valence-electron chi connectivity index (χ1n) is 2.71. The third kappa shape index (κ3) is 2.81. The molecule has 0 fully saturated rings. The molecular weight excluding hydrogens is 186 g/mol. The minimum Gasteiger partial charge on any atom is -0.480 e. The van der Waals surface area contributed by atoms with E-state index in [1.54, 1.807) is 7.05 Å². The van der Waals surface area contributed by atoms with E-state index >= 15 is 0 Å². The summed E-state index contributed by atoms with van der Waals surface area (Å²) in [6, 6.07) is -0.412. The molecule has 0 aliphatic carbocycles. The van der Waals surface area contributed by atoms with Crippen LogP contribution >= 0.6 is 16.1 Å². The van der Waals surface area contributed by atoms with Crippen LogP contribution in [0.3, 0.4) is 0 Å². The van der Waals surface area contributed by atoms with Gasteiger partial charge in [0.15, 0.2) is 0 Å². The number of likely N-dealkylation sites (N-methyl/N-ethyl adjacent to an activating group) is 1. The molecule has 0 saturated heterocycles. The largest absolute Gasteiger partial charge is 0.480 e. The van der Waals surface area contributed by atoms with Crippen molar-refractivity contribution in [2.24, 2.45) is 0 Å². The number of aliphatic carboxylic acids is 1. The number of nitrogens with zero attached hydrogens (tertiary/aromatic N) is 1. The number of carboxylic acid groups (broad SMARTS) is 1. The van der Waals surface area contributed by atoms with Gasteiger partial charge >= 0.3 is 5.97 Å². The number of hydrogen-bond acceptors (Lipinski definition) is 2. The van der Waals surface area contributed by atoms with E-state index in [0.29, 0.717) is 6.42 Å². The van der Waals surface area contributed by atoms with Crippen molar-refractivity contribution < 1.29 is 9.90 Å². The third-order valence-corrected chi connectivity index (χ3v) is 1.60. The Hall–Kier alpha value is -0.0900. The highest BCUT2D eigenvalue weighted by Crippen LogP contribution is 2.05. The SMILES string of the molecule is CCC(C(=O)O)N(C)Br. The Morgan fingerprint density at radius 2 is 2.33 bits per heavy atom. The van der Waals surface area contributed by atoms with Crippen molar-refractivity contribution in [2.45, 2.75) is 19.4 Å². The second-order valence-electron chi connectivity index (χ2n) is 1.79. The predicted molar refractivity (Wildman–Crippen MR) is 38.4 cm³/mol. The Morgan fingerprint density at radius 1 is 1.89 bits per heavy atom. The maximum atomic E-state index is 10.3. The summed E-state index contributed by atoms with van der Waals surface area (Å²) < 4.78 is 1.51. The zero-order valence-electron chi connectivity index (χ0n) is 5.47. The lowest BCUT2D eigenvalue weighted by atomic mass is 10.2. The molecule has 4 heteroatoms. The van der Waals surface area contributed by atoms with Gasteiger partial charge in [-0.05, 0) is 13.5 Å². The predicted octanol–water partition coefficient (Wildman–Crippen LogP) is 1.09. The van der Waals surface area contributed by atoms with Crippen molar-refractivity contribution in [1.29, 1.82) is 0 Å². The van der Waals surface area contributed by atoms with Crippen LogP contribution in [0, 0.1) is 0 Å². The van der Waals surface area contributed by atoms with Gasteiger partial charge in [0.1, 0.15) is 6.04 Å². The average molecular weight is 196 g/mol. The zero-order chi connectivity index (χ0) is 7.44. The van der Waals surface area contributed by atoms with E-state index in [1.807, 2.05) is 6.92 Å². The van der Waals surface area contributed by atoms with E-state index in [9.17, 15) is 4.79 Å². The lowest BCUT2D eigenvalue weighted by Crippen LogP contribution is -2.30. The topological polar surface area (TPSA) is 40.5 Å². The molecular formula is C5H10BrNO2. The van der Waals surface area contributed by atoms with Crippen LogP contribution in [0.2, 0.25) is 0 Å². The Balaban J connectivity index is 3.83. The summed E-state index contributed by atoms with van der Waals surface area (Å²) in [6.07, 6.45) is 0.608. The maximum Gasteiger partial charge on any atom is 0.321 e. The van der Waals surface area contributed by atoms with Crippen LogP contribution in [0.4, 0.5) is 0 Å². The number of carboxylic acids is 1. The Kier molecular flexibility index (Phi) is 3.81. The first-order valence-corrected chi connectivity index (χ1v) is 3.42. The van der Waals surface area contributed by atoms with Gasteiger partial charge in [-0.15, -0.1) is 0 Å². The van der Waals surface area contributed by atoms with Gasteiger partial charge in [0.25, 0.3) is 0 Å². The molecule has 9 heavy (non-hydrogen) atoms. The Labute approximate surface area is 63.0 Å². The number of halogens is 1. The fourth-order valence-corrected chi connectivity index (χ4v) is 1.04. The highest BCUT2D eigenvalue weighted by molar-refractivity contribution is 9.07. The molecule has 1 atom stereocenters. The fourth-order valence-electron chi connectivity index (χ4n) is 0.578. The third-order valence-electron chi connectivity index (χ3n) is 1.10. The van der Waals surface area contributed by atoms with Gasteiger partial charge < -0.3 is 5.11 Å². The highest BCUT2D eigenvalue weighted by Gasteiger charge is 2.17. The summed E-state index contributed by atoms with van der Waals surface area (Å²) in [5.74, 6) is -0.795. The van der Waals surface area contributed by atoms with Crippen molar-refractivity contribution >= 4 is 22.1 Å². The smallest absolute Gasteiger partial charge is 0.321 e. The first kappa shape index (κ1) is 8.91. The van der Waals surface area contributed by atoms with Gasteiger partial charge in [0.2, 0.25) is 0 Å². The molecule has 0 saturated carbocycles. The van der Waals surface area contributed by atoms with Crippen molar-refractivity contribution in [3.63, 3.8) is 0 Å².